The molecule has 0 saturated heterocycles. The highest BCUT2D eigenvalue weighted by Crippen LogP contribution is 2.37. The van der Waals surface area contributed by atoms with Crippen LogP contribution in [0.15, 0.2) is 24.3 Å². The first-order valence-electron chi connectivity index (χ1n) is 7.56. The van der Waals surface area contributed by atoms with E-state index in [1.165, 1.54) is 24.8 Å². The predicted octanol–water partition coefficient (Wildman–Crippen LogP) is 3.42. The molecule has 2 unspecified atom stereocenters. The average Bonchev–Trinajstić information content (AvgIpc) is 2.40. The molecule has 1 saturated carbocycles. The summed E-state index contributed by atoms with van der Waals surface area (Å²) in [5.41, 5.74) is 1.50. The van der Waals surface area contributed by atoms with Crippen molar-refractivity contribution in [2.24, 2.45) is 5.41 Å². The number of hydrogen-bond donors (Lipinski definition) is 1. The monoisotopic (exact) mass is 278 g/mol. The number of hydrogen-bond acceptors (Lipinski definition) is 2. The van der Waals surface area contributed by atoms with Gasteiger partial charge in [0.1, 0.15) is 5.82 Å². The van der Waals surface area contributed by atoms with Crippen LogP contribution in [0.25, 0.3) is 0 Å². The van der Waals surface area contributed by atoms with Crippen molar-refractivity contribution in [3.8, 4) is 0 Å². The third kappa shape index (κ3) is 3.39. The molecule has 0 bridgehead atoms. The molecule has 1 aromatic rings. The van der Waals surface area contributed by atoms with Crippen LogP contribution in [0.4, 0.5) is 4.39 Å². The minimum absolute atomic E-state index is 0.164. The quantitative estimate of drug-likeness (QED) is 0.908. The van der Waals surface area contributed by atoms with Gasteiger partial charge in [0.2, 0.25) is 0 Å². The van der Waals surface area contributed by atoms with E-state index in [2.05, 4.69) is 38.2 Å². The van der Waals surface area contributed by atoms with Crippen LogP contribution < -0.4 is 5.32 Å². The largest absolute Gasteiger partial charge is 0.315 e. The van der Waals surface area contributed by atoms with E-state index >= 15 is 0 Å². The van der Waals surface area contributed by atoms with Crippen LogP contribution in [0, 0.1) is 11.2 Å². The van der Waals surface area contributed by atoms with Crippen molar-refractivity contribution in [3.63, 3.8) is 0 Å². The second kappa shape index (κ2) is 6.23. The highest BCUT2D eigenvalue weighted by molar-refractivity contribution is 5.16. The summed E-state index contributed by atoms with van der Waals surface area (Å²) in [6.07, 6.45) is 3.79. The summed E-state index contributed by atoms with van der Waals surface area (Å²) in [4.78, 5) is 2.41. The van der Waals surface area contributed by atoms with E-state index in [1.807, 2.05) is 12.1 Å². The zero-order chi connectivity index (χ0) is 14.8. The fourth-order valence-corrected chi connectivity index (χ4v) is 3.66. The molecule has 0 radical (unpaired) electrons. The van der Waals surface area contributed by atoms with Gasteiger partial charge in [0, 0.05) is 18.6 Å². The molecule has 1 aliphatic carbocycles. The molecule has 0 amide bonds. The maximum atomic E-state index is 13.0. The second-order valence-corrected chi connectivity index (χ2v) is 6.76. The Morgan fingerprint density at radius 1 is 1.30 bits per heavy atom. The second-order valence-electron chi connectivity index (χ2n) is 6.76. The molecular weight excluding hydrogens is 251 g/mol. The Morgan fingerprint density at radius 2 is 1.95 bits per heavy atom. The Kier molecular flexibility index (Phi) is 4.82. The fourth-order valence-electron chi connectivity index (χ4n) is 3.66. The Bertz CT molecular complexity index is 427. The number of nitrogens with zero attached hydrogens (tertiary/aromatic N) is 1. The van der Waals surface area contributed by atoms with Crippen LogP contribution in [-0.2, 0) is 6.54 Å². The van der Waals surface area contributed by atoms with Crippen molar-refractivity contribution < 1.29 is 4.39 Å². The van der Waals surface area contributed by atoms with Gasteiger partial charge in [-0.05, 0) is 50.0 Å². The maximum absolute atomic E-state index is 13.0. The highest BCUT2D eigenvalue weighted by Gasteiger charge is 2.39. The topological polar surface area (TPSA) is 15.3 Å². The molecule has 1 aliphatic rings. The van der Waals surface area contributed by atoms with Gasteiger partial charge in [0.05, 0.1) is 0 Å². The van der Waals surface area contributed by atoms with Gasteiger partial charge in [-0.3, -0.25) is 4.90 Å². The lowest BCUT2D eigenvalue weighted by Gasteiger charge is -2.47. The molecule has 3 heteroatoms. The van der Waals surface area contributed by atoms with Gasteiger partial charge >= 0.3 is 0 Å². The van der Waals surface area contributed by atoms with Crippen LogP contribution in [-0.4, -0.2) is 31.1 Å². The SMILES string of the molecule is CNC1C(N(C)Cc2ccc(F)cc2)CCCC1(C)C. The van der Waals surface area contributed by atoms with Gasteiger partial charge in [-0.2, -0.15) is 0 Å². The zero-order valence-corrected chi connectivity index (χ0v) is 13.1. The standard InChI is InChI=1S/C17H27FN2/c1-17(2)11-5-6-15(16(17)19-3)20(4)12-13-7-9-14(18)10-8-13/h7-10,15-16,19H,5-6,11-12H2,1-4H3. The first-order valence-corrected chi connectivity index (χ1v) is 7.56. The van der Waals surface area contributed by atoms with E-state index < -0.39 is 0 Å². The van der Waals surface area contributed by atoms with Crippen molar-refractivity contribution in [1.29, 1.82) is 0 Å². The molecule has 1 aromatic carbocycles. The van der Waals surface area contributed by atoms with Crippen molar-refractivity contribution in [2.75, 3.05) is 14.1 Å². The summed E-state index contributed by atoms with van der Waals surface area (Å²) in [6.45, 7) is 5.58. The smallest absolute Gasteiger partial charge is 0.123 e. The molecule has 0 aliphatic heterocycles. The van der Waals surface area contributed by atoms with Gasteiger partial charge in [0.15, 0.2) is 0 Å². The van der Waals surface area contributed by atoms with Gasteiger partial charge in [0.25, 0.3) is 0 Å². The van der Waals surface area contributed by atoms with Crippen LogP contribution >= 0.6 is 0 Å². The number of likely N-dealkylation sites (N-methyl/N-ethyl adjacent to an activating group) is 2. The number of halogens is 1. The molecular formula is C17H27FN2. The van der Waals surface area contributed by atoms with E-state index in [0.29, 0.717) is 17.5 Å². The summed E-state index contributed by atoms with van der Waals surface area (Å²) in [5.74, 6) is -0.164. The molecule has 0 heterocycles. The highest BCUT2D eigenvalue weighted by atomic mass is 19.1. The van der Waals surface area contributed by atoms with Crippen molar-refractivity contribution in [2.45, 2.75) is 51.7 Å². The summed E-state index contributed by atoms with van der Waals surface area (Å²) in [5, 5.41) is 3.52. The van der Waals surface area contributed by atoms with Crippen molar-refractivity contribution >= 4 is 0 Å². The van der Waals surface area contributed by atoms with Gasteiger partial charge in [-0.15, -0.1) is 0 Å². The van der Waals surface area contributed by atoms with Crippen molar-refractivity contribution in [1.82, 2.24) is 10.2 Å². The molecule has 1 fully saturated rings. The Labute approximate surface area is 122 Å². The normalized spacial score (nSPS) is 25.9. The van der Waals surface area contributed by atoms with Crippen LogP contribution in [0.5, 0.6) is 0 Å². The third-order valence-electron chi connectivity index (χ3n) is 4.77. The predicted molar refractivity (Wildman–Crippen MR) is 82.1 cm³/mol. The van der Waals surface area contributed by atoms with Gasteiger partial charge < -0.3 is 5.32 Å². The summed E-state index contributed by atoms with van der Waals surface area (Å²) < 4.78 is 13.0. The first kappa shape index (κ1) is 15.5. The lowest BCUT2D eigenvalue weighted by molar-refractivity contribution is 0.0632. The first-order chi connectivity index (χ1) is 9.44. The minimum Gasteiger partial charge on any atom is -0.315 e. The third-order valence-corrected chi connectivity index (χ3v) is 4.77. The zero-order valence-electron chi connectivity index (χ0n) is 13.1. The van der Waals surface area contributed by atoms with E-state index in [1.54, 1.807) is 12.1 Å². The van der Waals surface area contributed by atoms with Crippen LogP contribution in [0.1, 0.15) is 38.7 Å². The minimum atomic E-state index is -0.164. The van der Waals surface area contributed by atoms with E-state index in [0.717, 1.165) is 6.54 Å². The molecule has 0 aromatic heterocycles. The Morgan fingerprint density at radius 3 is 2.55 bits per heavy atom. The molecule has 0 spiro atoms. The number of benzene rings is 1. The fraction of sp³-hybridized carbons (Fsp3) is 0.647. The Hall–Kier alpha value is -0.930. The summed E-state index contributed by atoms with van der Waals surface area (Å²) in [7, 11) is 4.25. The van der Waals surface area contributed by atoms with E-state index in [-0.39, 0.29) is 5.82 Å². The van der Waals surface area contributed by atoms with Crippen LogP contribution in [0.3, 0.4) is 0 Å². The molecule has 2 atom stereocenters. The van der Waals surface area contributed by atoms with Gasteiger partial charge in [-0.1, -0.05) is 32.4 Å². The molecule has 112 valence electrons. The average molecular weight is 278 g/mol. The number of rotatable bonds is 4. The van der Waals surface area contributed by atoms with Gasteiger partial charge in [-0.25, -0.2) is 4.39 Å². The van der Waals surface area contributed by atoms with Crippen LogP contribution in [0.2, 0.25) is 0 Å². The Balaban J connectivity index is 2.07. The van der Waals surface area contributed by atoms with E-state index in [9.17, 15) is 4.39 Å². The molecule has 2 rings (SSSR count). The summed E-state index contributed by atoms with van der Waals surface area (Å²) in [6, 6.07) is 7.89. The van der Waals surface area contributed by atoms with E-state index in [4.69, 9.17) is 0 Å². The van der Waals surface area contributed by atoms with Crippen molar-refractivity contribution in [3.05, 3.63) is 35.6 Å². The molecule has 1 N–H and O–H groups in total. The molecule has 20 heavy (non-hydrogen) atoms. The summed E-state index contributed by atoms with van der Waals surface area (Å²) >= 11 is 0. The lowest BCUT2D eigenvalue weighted by atomic mass is 9.70. The molecule has 2 nitrogen and oxygen atoms in total. The number of nitrogens with one attached hydrogen (secondary N) is 1. The lowest BCUT2D eigenvalue weighted by Crippen LogP contribution is -2.56. The maximum Gasteiger partial charge on any atom is 0.123 e.